The van der Waals surface area contributed by atoms with Gasteiger partial charge in [-0.25, -0.2) is 0 Å². The van der Waals surface area contributed by atoms with Crippen molar-refractivity contribution in [3.63, 3.8) is 0 Å². The van der Waals surface area contributed by atoms with Crippen molar-refractivity contribution >= 4 is 0 Å². The summed E-state index contributed by atoms with van der Waals surface area (Å²) >= 11 is 0. The average molecular weight is 150 g/mol. The van der Waals surface area contributed by atoms with E-state index in [4.69, 9.17) is 16.2 Å². The lowest BCUT2D eigenvalue weighted by atomic mass is 9.87. The Morgan fingerprint density at radius 1 is 1.30 bits per heavy atom. The van der Waals surface area contributed by atoms with Crippen LogP contribution in [0, 0.1) is 5.41 Å². The fraction of sp³-hybridized carbons (Fsp3) is 1.00. The van der Waals surface area contributed by atoms with E-state index in [1.165, 1.54) is 0 Å². The molecule has 0 amide bonds. The smallest absolute Gasteiger partial charge is 0.0569 e. The Morgan fingerprint density at radius 2 is 1.70 bits per heavy atom. The van der Waals surface area contributed by atoms with Crippen LogP contribution in [0.1, 0.15) is 16.7 Å². The minimum Gasteiger partial charge on any atom is -0.380 e. The zero-order chi connectivity index (χ0) is 8.04. The molecule has 4 N–H and O–H groups in total. The Balaban J connectivity index is -0.000000189. The summed E-state index contributed by atoms with van der Waals surface area (Å²) in [5.41, 5.74) is 11.0. The molecular formula is C7H22N2O. The Morgan fingerprint density at radius 3 is 1.70 bits per heavy atom. The molecule has 0 bridgehead atoms. The molecule has 0 aliphatic carbocycles. The molecule has 1 rings (SSSR count). The molecule has 66 valence electrons. The summed E-state index contributed by atoms with van der Waals surface area (Å²) in [6.45, 7) is 6.81. The maximum absolute atomic E-state index is 5.42. The molecule has 10 heavy (non-hydrogen) atoms. The van der Waals surface area contributed by atoms with Crippen LogP contribution in [-0.2, 0) is 4.74 Å². The highest BCUT2D eigenvalue weighted by Gasteiger charge is 2.35. The summed E-state index contributed by atoms with van der Waals surface area (Å²) in [6, 6.07) is 0. The van der Waals surface area contributed by atoms with Gasteiger partial charge < -0.3 is 16.2 Å². The Hall–Kier alpha value is -0.120. The van der Waals surface area contributed by atoms with E-state index in [1.54, 1.807) is 0 Å². The lowest BCUT2D eigenvalue weighted by Crippen LogP contribution is -2.53. The van der Waals surface area contributed by atoms with Gasteiger partial charge in [0.1, 0.15) is 0 Å². The lowest BCUT2D eigenvalue weighted by Gasteiger charge is -2.39. The van der Waals surface area contributed by atoms with Crippen LogP contribution in [0.5, 0.6) is 0 Å². The van der Waals surface area contributed by atoms with Crippen molar-refractivity contribution in [3.8, 4) is 0 Å². The summed E-state index contributed by atoms with van der Waals surface area (Å²) in [7, 11) is 0. The number of hydrogen-bond acceptors (Lipinski definition) is 3. The van der Waals surface area contributed by atoms with Gasteiger partial charge >= 0.3 is 0 Å². The van der Waals surface area contributed by atoms with Crippen LogP contribution in [0.25, 0.3) is 0 Å². The van der Waals surface area contributed by atoms with E-state index in [0.29, 0.717) is 13.1 Å². The molecule has 1 saturated heterocycles. The van der Waals surface area contributed by atoms with Gasteiger partial charge in [0.15, 0.2) is 0 Å². The molecule has 0 aromatic rings. The fourth-order valence-electron chi connectivity index (χ4n) is 0.710. The van der Waals surface area contributed by atoms with Crippen LogP contribution >= 0.6 is 0 Å². The molecule has 1 aliphatic heterocycles. The molecule has 1 heterocycles. The van der Waals surface area contributed by atoms with E-state index < -0.39 is 0 Å². The second kappa shape index (κ2) is 4.66. The minimum absolute atomic E-state index is 0. The Labute approximate surface area is 65.7 Å². The first-order valence-corrected chi connectivity index (χ1v) is 3.81. The van der Waals surface area contributed by atoms with Gasteiger partial charge in [0.2, 0.25) is 0 Å². The monoisotopic (exact) mass is 150 g/mol. The largest absolute Gasteiger partial charge is 0.380 e. The highest BCUT2D eigenvalue weighted by molar-refractivity contribution is 4.86. The van der Waals surface area contributed by atoms with Crippen LogP contribution < -0.4 is 11.5 Å². The molecule has 0 spiro atoms. The van der Waals surface area contributed by atoms with Crippen LogP contribution in [0.3, 0.4) is 0 Å². The third kappa shape index (κ3) is 1.94. The normalized spacial score (nSPS) is 20.4. The summed E-state index contributed by atoms with van der Waals surface area (Å²) in [5.74, 6) is 0. The van der Waals surface area contributed by atoms with Crippen molar-refractivity contribution in [2.24, 2.45) is 16.9 Å². The average Bonchev–Trinajstić information content (AvgIpc) is 1.93. The van der Waals surface area contributed by atoms with Crippen LogP contribution in [0.2, 0.25) is 0 Å². The summed E-state index contributed by atoms with van der Waals surface area (Å²) < 4.78 is 4.96. The first-order valence-electron chi connectivity index (χ1n) is 3.81. The van der Waals surface area contributed by atoms with Crippen molar-refractivity contribution in [1.82, 2.24) is 0 Å². The van der Waals surface area contributed by atoms with Gasteiger partial charge in [-0.15, -0.1) is 0 Å². The molecule has 0 aromatic carbocycles. The van der Waals surface area contributed by atoms with E-state index in [2.05, 4.69) is 0 Å². The van der Waals surface area contributed by atoms with Crippen LogP contribution in [0.15, 0.2) is 0 Å². The quantitative estimate of drug-likeness (QED) is 0.600. The number of rotatable bonds is 2. The first kappa shape index (κ1) is 9.88. The second-order valence-electron chi connectivity index (χ2n) is 2.40. The van der Waals surface area contributed by atoms with Crippen molar-refractivity contribution in [2.75, 3.05) is 26.3 Å². The standard InChI is InChI=1S/C5H12N2O.C2H6.2H2/c6-1-5(2-7)3-8-4-5;1-2;;/h1-4,6-7H2;1-2H3;2*1H. The van der Waals surface area contributed by atoms with Gasteiger partial charge in [0, 0.05) is 21.4 Å². The van der Waals surface area contributed by atoms with Crippen LogP contribution in [0.4, 0.5) is 0 Å². The van der Waals surface area contributed by atoms with Crippen molar-refractivity contribution in [2.45, 2.75) is 13.8 Å². The molecular weight excluding hydrogens is 128 g/mol. The van der Waals surface area contributed by atoms with Crippen molar-refractivity contribution < 1.29 is 7.59 Å². The lowest BCUT2D eigenvalue weighted by molar-refractivity contribution is -0.100. The molecule has 0 radical (unpaired) electrons. The predicted octanol–water partition coefficient (Wildman–Crippen LogP) is 0.439. The topological polar surface area (TPSA) is 61.3 Å². The zero-order valence-corrected chi connectivity index (χ0v) is 6.89. The van der Waals surface area contributed by atoms with Crippen molar-refractivity contribution in [1.29, 1.82) is 0 Å². The van der Waals surface area contributed by atoms with Gasteiger partial charge in [0.25, 0.3) is 0 Å². The SMILES string of the molecule is CC.NCC1(CN)COC1.[HH].[HH]. The minimum atomic E-state index is 0. The second-order valence-corrected chi connectivity index (χ2v) is 2.40. The maximum Gasteiger partial charge on any atom is 0.0569 e. The van der Waals surface area contributed by atoms with Crippen LogP contribution in [-0.4, -0.2) is 26.3 Å². The van der Waals surface area contributed by atoms with Gasteiger partial charge in [-0.1, -0.05) is 13.8 Å². The fourth-order valence-corrected chi connectivity index (χ4v) is 0.710. The highest BCUT2D eigenvalue weighted by atomic mass is 16.5. The highest BCUT2D eigenvalue weighted by Crippen LogP contribution is 2.23. The summed E-state index contributed by atoms with van der Waals surface area (Å²) in [5, 5.41) is 0. The van der Waals surface area contributed by atoms with Gasteiger partial charge in [-0.3, -0.25) is 0 Å². The van der Waals surface area contributed by atoms with Gasteiger partial charge in [0.05, 0.1) is 13.2 Å². The Kier molecular flexibility index (Phi) is 4.60. The third-order valence-electron chi connectivity index (χ3n) is 1.68. The van der Waals surface area contributed by atoms with E-state index in [1.807, 2.05) is 13.8 Å². The Bertz CT molecular complexity index is 76.0. The van der Waals surface area contributed by atoms with E-state index in [0.717, 1.165) is 13.2 Å². The predicted molar refractivity (Wildman–Crippen MR) is 46.9 cm³/mol. The third-order valence-corrected chi connectivity index (χ3v) is 1.68. The molecule has 0 unspecified atom stereocenters. The summed E-state index contributed by atoms with van der Waals surface area (Å²) in [4.78, 5) is 0. The molecule has 3 nitrogen and oxygen atoms in total. The maximum atomic E-state index is 5.42. The molecule has 3 heteroatoms. The molecule has 1 fully saturated rings. The number of nitrogens with two attached hydrogens (primary N) is 2. The summed E-state index contributed by atoms with van der Waals surface area (Å²) in [6.07, 6.45) is 0. The molecule has 0 atom stereocenters. The number of hydrogen-bond donors (Lipinski definition) is 2. The molecule has 1 aliphatic rings. The van der Waals surface area contributed by atoms with Crippen molar-refractivity contribution in [3.05, 3.63) is 0 Å². The molecule has 0 saturated carbocycles. The van der Waals surface area contributed by atoms with E-state index >= 15 is 0 Å². The first-order chi connectivity index (χ1) is 4.83. The van der Waals surface area contributed by atoms with Gasteiger partial charge in [-0.05, 0) is 0 Å². The molecule has 0 aromatic heterocycles. The van der Waals surface area contributed by atoms with Gasteiger partial charge in [-0.2, -0.15) is 0 Å². The number of ether oxygens (including phenoxy) is 1. The zero-order valence-electron chi connectivity index (χ0n) is 6.89. The van der Waals surface area contributed by atoms with E-state index in [9.17, 15) is 0 Å². The van der Waals surface area contributed by atoms with E-state index in [-0.39, 0.29) is 8.27 Å².